The smallest absolute Gasteiger partial charge is 0.440 e. The van der Waals surface area contributed by atoms with Crippen molar-refractivity contribution in [3.05, 3.63) is 90.3 Å². The fourth-order valence-corrected chi connectivity index (χ4v) is 4.97. The van der Waals surface area contributed by atoms with Crippen molar-refractivity contribution in [2.45, 2.75) is 30.8 Å². The number of benzene rings is 3. The second kappa shape index (κ2) is 11.8. The minimum Gasteiger partial charge on any atom is -0.440 e. The van der Waals surface area contributed by atoms with E-state index in [4.69, 9.17) is 4.42 Å². The molecule has 0 radical (unpaired) electrons. The standard InChI is InChI=1S/C29H21F6N3O5S/c1-16-36-24(28(30,31)32)15-38(16)23-10-7-19(18-3-2-4-21(13-18)44(40)41)14-22(23)26-27(42-25(37-26)11-12-39)17-5-8-20(9-6-17)43-29(33,34)35/h2-10,13-15,39,44H,11-12H2,1H3. The van der Waals surface area contributed by atoms with Gasteiger partial charge in [0.2, 0.25) is 0 Å². The summed E-state index contributed by atoms with van der Waals surface area (Å²) in [4.78, 5) is 8.18. The second-order valence-electron chi connectivity index (χ2n) is 9.41. The summed E-state index contributed by atoms with van der Waals surface area (Å²) in [7, 11) is -2.91. The van der Waals surface area contributed by atoms with Crippen molar-refractivity contribution in [3.8, 4) is 45.1 Å². The molecular formula is C29H21F6N3O5S. The van der Waals surface area contributed by atoms with Crippen LogP contribution in [0.1, 0.15) is 17.4 Å². The molecule has 2 aromatic heterocycles. The Balaban J connectivity index is 1.74. The molecule has 44 heavy (non-hydrogen) atoms. The lowest BCUT2D eigenvalue weighted by Crippen LogP contribution is -2.16. The number of nitrogens with zero attached hydrogens (tertiary/aromatic N) is 3. The summed E-state index contributed by atoms with van der Waals surface area (Å²) < 4.78 is 113. The number of aliphatic hydroxyl groups is 1. The maximum Gasteiger partial charge on any atom is 0.573 e. The third kappa shape index (κ3) is 6.63. The van der Waals surface area contributed by atoms with E-state index >= 15 is 0 Å². The number of aliphatic hydroxyl groups excluding tert-OH is 1. The van der Waals surface area contributed by atoms with E-state index in [2.05, 4.69) is 14.7 Å². The van der Waals surface area contributed by atoms with Crippen LogP contribution in [0.15, 0.2) is 82.2 Å². The number of aryl methyl sites for hydroxylation is 1. The van der Waals surface area contributed by atoms with Gasteiger partial charge in [0.15, 0.2) is 28.0 Å². The highest BCUT2D eigenvalue weighted by Gasteiger charge is 2.35. The first kappa shape index (κ1) is 30.8. The van der Waals surface area contributed by atoms with Crippen molar-refractivity contribution in [1.82, 2.24) is 14.5 Å². The van der Waals surface area contributed by atoms with E-state index in [1.54, 1.807) is 18.2 Å². The third-order valence-corrected chi connectivity index (χ3v) is 7.12. The number of hydrogen-bond acceptors (Lipinski definition) is 7. The van der Waals surface area contributed by atoms with Gasteiger partial charge in [0.1, 0.15) is 17.3 Å². The first-order valence-corrected chi connectivity index (χ1v) is 13.9. The molecule has 0 aliphatic heterocycles. The van der Waals surface area contributed by atoms with Crippen LogP contribution < -0.4 is 4.74 Å². The van der Waals surface area contributed by atoms with Crippen LogP contribution >= 0.6 is 0 Å². The minimum absolute atomic E-state index is 0.00838. The molecule has 0 aliphatic carbocycles. The van der Waals surface area contributed by atoms with Gasteiger partial charge in [0, 0.05) is 23.7 Å². The largest absolute Gasteiger partial charge is 0.573 e. The highest BCUT2D eigenvalue weighted by molar-refractivity contribution is 7.72. The normalized spacial score (nSPS) is 12.2. The molecule has 230 valence electrons. The number of thiol groups is 1. The predicted molar refractivity (Wildman–Crippen MR) is 146 cm³/mol. The van der Waals surface area contributed by atoms with E-state index in [0.717, 1.165) is 18.3 Å². The van der Waals surface area contributed by atoms with E-state index in [1.165, 1.54) is 47.9 Å². The summed E-state index contributed by atoms with van der Waals surface area (Å²) in [6, 6.07) is 15.4. The molecule has 0 atom stereocenters. The first-order valence-electron chi connectivity index (χ1n) is 12.7. The Morgan fingerprint density at radius 1 is 0.909 bits per heavy atom. The molecule has 0 amide bonds. The van der Waals surface area contributed by atoms with Crippen LogP contribution in [0.2, 0.25) is 0 Å². The zero-order valence-corrected chi connectivity index (χ0v) is 23.4. The van der Waals surface area contributed by atoms with E-state index in [-0.39, 0.29) is 57.9 Å². The lowest BCUT2D eigenvalue weighted by atomic mass is 9.98. The van der Waals surface area contributed by atoms with E-state index in [9.17, 15) is 39.9 Å². The molecule has 5 rings (SSSR count). The van der Waals surface area contributed by atoms with Gasteiger partial charge in [-0.1, -0.05) is 18.2 Å². The summed E-state index contributed by atoms with van der Waals surface area (Å²) in [5, 5.41) is 9.53. The fourth-order valence-electron chi connectivity index (χ4n) is 4.52. The molecule has 15 heteroatoms. The lowest BCUT2D eigenvalue weighted by Gasteiger charge is -2.14. The van der Waals surface area contributed by atoms with Crippen LogP contribution in [0, 0.1) is 6.92 Å². The van der Waals surface area contributed by atoms with Crippen molar-refractivity contribution in [3.63, 3.8) is 0 Å². The van der Waals surface area contributed by atoms with Crippen LogP contribution in [0.25, 0.3) is 39.4 Å². The van der Waals surface area contributed by atoms with Crippen LogP contribution in [-0.4, -0.2) is 41.0 Å². The zero-order chi connectivity index (χ0) is 31.8. The highest BCUT2D eigenvalue weighted by atomic mass is 32.2. The molecule has 0 bridgehead atoms. The first-order chi connectivity index (χ1) is 20.7. The molecule has 0 saturated carbocycles. The fraction of sp³-hybridized carbons (Fsp3) is 0.172. The van der Waals surface area contributed by atoms with Crippen molar-refractivity contribution in [2.24, 2.45) is 0 Å². The highest BCUT2D eigenvalue weighted by Crippen LogP contribution is 2.40. The maximum absolute atomic E-state index is 13.6. The maximum atomic E-state index is 13.6. The van der Waals surface area contributed by atoms with Gasteiger partial charge >= 0.3 is 12.5 Å². The number of ether oxygens (including phenoxy) is 1. The molecule has 8 nitrogen and oxygen atoms in total. The van der Waals surface area contributed by atoms with Gasteiger partial charge < -0.3 is 18.8 Å². The number of rotatable bonds is 8. The van der Waals surface area contributed by atoms with E-state index in [0.29, 0.717) is 11.1 Å². The molecule has 0 fully saturated rings. The Hall–Kier alpha value is -4.63. The SMILES string of the molecule is Cc1nc(C(F)(F)F)cn1-c1ccc(-c2cccc([SH](=O)=O)c2)cc1-c1nc(CCO)oc1-c1ccc(OC(F)(F)F)cc1. The van der Waals surface area contributed by atoms with Crippen LogP contribution in [-0.2, 0) is 23.3 Å². The molecule has 0 spiro atoms. The Kier molecular flexibility index (Phi) is 8.27. The van der Waals surface area contributed by atoms with Crippen LogP contribution in [0.4, 0.5) is 26.3 Å². The van der Waals surface area contributed by atoms with E-state index in [1.807, 2.05) is 0 Å². The molecule has 5 aromatic rings. The number of hydrogen-bond donors (Lipinski definition) is 2. The van der Waals surface area contributed by atoms with Gasteiger partial charge in [0.05, 0.1) is 17.2 Å². The molecule has 2 heterocycles. The molecule has 1 N–H and O–H groups in total. The van der Waals surface area contributed by atoms with Gasteiger partial charge in [-0.2, -0.15) is 13.2 Å². The predicted octanol–water partition coefficient (Wildman–Crippen LogP) is 6.59. The summed E-state index contributed by atoms with van der Waals surface area (Å²) in [6.45, 7) is 1.02. The Labute approximate surface area is 247 Å². The van der Waals surface area contributed by atoms with Gasteiger partial charge in [-0.25, -0.2) is 18.4 Å². The van der Waals surface area contributed by atoms with Crippen LogP contribution in [0.3, 0.4) is 0 Å². The number of alkyl halides is 6. The van der Waals surface area contributed by atoms with Crippen molar-refractivity contribution < 1.29 is 49.0 Å². The third-order valence-electron chi connectivity index (χ3n) is 6.42. The van der Waals surface area contributed by atoms with Gasteiger partial charge in [-0.15, -0.1) is 13.2 Å². The summed E-state index contributed by atoms with van der Waals surface area (Å²) in [5.74, 6) is -0.402. The molecule has 0 saturated heterocycles. The average Bonchev–Trinajstić information content (AvgIpc) is 3.56. The number of oxazole rings is 1. The molecular weight excluding hydrogens is 616 g/mol. The molecule has 3 aromatic carbocycles. The summed E-state index contributed by atoms with van der Waals surface area (Å²) >= 11 is 0. The van der Waals surface area contributed by atoms with Crippen LogP contribution in [0.5, 0.6) is 5.75 Å². The summed E-state index contributed by atoms with van der Waals surface area (Å²) in [5.41, 5.74) is 0.590. The minimum atomic E-state index is -4.92. The lowest BCUT2D eigenvalue weighted by molar-refractivity contribution is -0.274. The Morgan fingerprint density at radius 2 is 1.59 bits per heavy atom. The second-order valence-corrected chi connectivity index (χ2v) is 10.4. The van der Waals surface area contributed by atoms with Gasteiger partial charge in [-0.3, -0.25) is 0 Å². The number of imidazole rings is 1. The Bertz CT molecular complexity index is 1880. The zero-order valence-electron chi connectivity index (χ0n) is 22.5. The van der Waals surface area contributed by atoms with Gasteiger partial charge in [0.25, 0.3) is 0 Å². The van der Waals surface area contributed by atoms with Crippen molar-refractivity contribution in [2.75, 3.05) is 6.61 Å². The number of aromatic nitrogens is 3. The van der Waals surface area contributed by atoms with Crippen molar-refractivity contribution in [1.29, 1.82) is 0 Å². The van der Waals surface area contributed by atoms with E-state index < -0.39 is 34.7 Å². The topological polar surface area (TPSA) is 107 Å². The van der Waals surface area contributed by atoms with Gasteiger partial charge in [-0.05, 0) is 66.6 Å². The molecule has 0 unspecified atom stereocenters. The molecule has 0 aliphatic rings. The monoisotopic (exact) mass is 637 g/mol. The number of halogens is 6. The quantitative estimate of drug-likeness (QED) is 0.146. The van der Waals surface area contributed by atoms with Crippen molar-refractivity contribution >= 4 is 10.7 Å². The Morgan fingerprint density at radius 3 is 2.20 bits per heavy atom. The summed E-state index contributed by atoms with van der Waals surface area (Å²) in [6.07, 6.45) is -8.89. The average molecular weight is 638 g/mol.